The lowest BCUT2D eigenvalue weighted by molar-refractivity contribution is -0.385. The smallest absolute Gasteiger partial charge is 0.343 e. The summed E-state index contributed by atoms with van der Waals surface area (Å²) in [6, 6.07) is 16.9. The average Bonchev–Trinajstić information content (AvgIpc) is 3.30. The molecule has 1 aliphatic rings. The van der Waals surface area contributed by atoms with Crippen LogP contribution in [-0.2, 0) is 0 Å². The van der Waals surface area contributed by atoms with Crippen LogP contribution in [0.3, 0.4) is 0 Å². The van der Waals surface area contributed by atoms with Gasteiger partial charge in [-0.3, -0.25) is 39.4 Å². The number of fused-ring (bicyclic) bond motifs is 1. The van der Waals surface area contributed by atoms with Gasteiger partial charge in [-0.25, -0.2) is 9.80 Å². The molecule has 0 saturated heterocycles. The van der Waals surface area contributed by atoms with Gasteiger partial charge in [0.15, 0.2) is 5.78 Å². The number of imide groups is 1. The summed E-state index contributed by atoms with van der Waals surface area (Å²) in [5, 5.41) is 23.4. The first-order valence-electron chi connectivity index (χ1n) is 12.9. The molecule has 0 aromatic heterocycles. The third-order valence-corrected chi connectivity index (χ3v) is 7.44. The summed E-state index contributed by atoms with van der Waals surface area (Å²) in [7, 11) is 0. The first-order valence-corrected chi connectivity index (χ1v) is 13.7. The zero-order valence-electron chi connectivity index (χ0n) is 22.9. The zero-order valence-corrected chi connectivity index (χ0v) is 24.4. The molecule has 4 aromatic carbocycles. The highest BCUT2D eigenvalue weighted by Gasteiger charge is 2.46. The molecule has 0 bridgehead atoms. The molecule has 230 valence electrons. The Morgan fingerprint density at radius 1 is 0.761 bits per heavy atom. The van der Waals surface area contributed by atoms with Crippen LogP contribution in [0.4, 0.5) is 11.4 Å². The normalized spacial score (nSPS) is 12.0. The monoisotopic (exact) mass is 662 g/mol. The van der Waals surface area contributed by atoms with E-state index in [2.05, 4.69) is 0 Å². The molecule has 0 atom stereocenters. The Bertz CT molecular complexity index is 1980. The zero-order chi connectivity index (χ0) is 33.3. The van der Waals surface area contributed by atoms with Gasteiger partial charge in [0.1, 0.15) is 17.9 Å². The number of benzene rings is 4. The first kappa shape index (κ1) is 31.4. The summed E-state index contributed by atoms with van der Waals surface area (Å²) in [5.74, 6) is -4.87. The van der Waals surface area contributed by atoms with Crippen molar-refractivity contribution in [3.63, 3.8) is 0 Å². The minimum absolute atomic E-state index is 0.0105. The van der Waals surface area contributed by atoms with Crippen LogP contribution in [-0.4, -0.2) is 55.9 Å². The number of non-ortho nitro benzene ring substituents is 1. The standard InChI is InChI=1S/C30H16Cl2N4O10/c31-22-13-8-18(14-23(22)32)27(38)33(34-28(39)21-2-1-3-24(36(44)45)26(21)29(34)40)15-25(37)16-6-11-20(12-7-16)46-30(41)17-4-9-19(10-5-17)35(42)43/h1-14H,15H2. The molecule has 0 fully saturated rings. The van der Waals surface area contributed by atoms with Gasteiger partial charge in [-0.05, 0) is 60.7 Å². The van der Waals surface area contributed by atoms with E-state index >= 15 is 0 Å². The molecule has 0 saturated carbocycles. The van der Waals surface area contributed by atoms with Gasteiger partial charge in [0.2, 0.25) is 0 Å². The Morgan fingerprint density at radius 3 is 2.00 bits per heavy atom. The predicted molar refractivity (Wildman–Crippen MR) is 160 cm³/mol. The molecule has 0 radical (unpaired) electrons. The van der Waals surface area contributed by atoms with Gasteiger partial charge in [0, 0.05) is 29.3 Å². The maximum atomic E-state index is 13.7. The summed E-state index contributed by atoms with van der Waals surface area (Å²) < 4.78 is 5.25. The number of rotatable bonds is 9. The number of hydrogen-bond acceptors (Lipinski definition) is 10. The number of ketones is 1. The van der Waals surface area contributed by atoms with E-state index in [9.17, 15) is 44.2 Å². The Balaban J connectivity index is 1.41. The summed E-state index contributed by atoms with van der Waals surface area (Å²) in [6.45, 7) is -0.875. The highest BCUT2D eigenvalue weighted by molar-refractivity contribution is 6.42. The van der Waals surface area contributed by atoms with E-state index < -0.39 is 57.1 Å². The highest BCUT2D eigenvalue weighted by Crippen LogP contribution is 2.33. The summed E-state index contributed by atoms with van der Waals surface area (Å²) in [4.78, 5) is 87.3. The van der Waals surface area contributed by atoms with E-state index in [0.717, 1.165) is 18.2 Å². The molecule has 16 heteroatoms. The van der Waals surface area contributed by atoms with Gasteiger partial charge in [-0.1, -0.05) is 29.3 Å². The van der Waals surface area contributed by atoms with Crippen molar-refractivity contribution in [1.29, 1.82) is 0 Å². The molecule has 5 rings (SSSR count). The maximum Gasteiger partial charge on any atom is 0.343 e. The van der Waals surface area contributed by atoms with E-state index in [1.165, 1.54) is 66.7 Å². The Morgan fingerprint density at radius 2 is 1.39 bits per heavy atom. The van der Waals surface area contributed by atoms with E-state index in [-0.39, 0.29) is 43.7 Å². The van der Waals surface area contributed by atoms with Gasteiger partial charge >= 0.3 is 5.97 Å². The van der Waals surface area contributed by atoms with Crippen molar-refractivity contribution >= 4 is 64.1 Å². The lowest BCUT2D eigenvalue weighted by Gasteiger charge is -2.29. The molecule has 4 aromatic rings. The topological polar surface area (TPSA) is 187 Å². The summed E-state index contributed by atoms with van der Waals surface area (Å²) >= 11 is 12.0. The van der Waals surface area contributed by atoms with Crippen LogP contribution in [0.15, 0.2) is 84.9 Å². The van der Waals surface area contributed by atoms with E-state index in [4.69, 9.17) is 27.9 Å². The van der Waals surface area contributed by atoms with Crippen molar-refractivity contribution in [3.05, 3.63) is 143 Å². The van der Waals surface area contributed by atoms with Crippen LogP contribution in [0.25, 0.3) is 0 Å². The maximum absolute atomic E-state index is 13.7. The fourth-order valence-corrected chi connectivity index (χ4v) is 4.76. The Hall–Kier alpha value is -5.99. The lowest BCUT2D eigenvalue weighted by atomic mass is 10.1. The first-order chi connectivity index (χ1) is 21.9. The SMILES string of the molecule is O=C(CN(C(=O)c1ccc(Cl)c(Cl)c1)N1C(=O)c2cccc([N+](=O)[O-])c2C1=O)c1ccc(OC(=O)c2ccc([N+](=O)[O-])cc2)cc1. The second kappa shape index (κ2) is 12.6. The summed E-state index contributed by atoms with van der Waals surface area (Å²) in [6.07, 6.45) is 0. The number of halogens is 2. The van der Waals surface area contributed by atoms with Crippen molar-refractivity contribution in [3.8, 4) is 5.75 Å². The number of hydrazine groups is 1. The highest BCUT2D eigenvalue weighted by atomic mass is 35.5. The van der Waals surface area contributed by atoms with E-state index in [1.54, 1.807) is 0 Å². The molecule has 1 heterocycles. The number of esters is 1. The fourth-order valence-electron chi connectivity index (χ4n) is 4.46. The number of nitro groups is 2. The van der Waals surface area contributed by atoms with Crippen molar-refractivity contribution in [2.75, 3.05) is 6.54 Å². The van der Waals surface area contributed by atoms with Crippen molar-refractivity contribution in [2.24, 2.45) is 0 Å². The molecule has 0 unspecified atom stereocenters. The van der Waals surface area contributed by atoms with Crippen LogP contribution in [0.5, 0.6) is 5.75 Å². The quantitative estimate of drug-likeness (QED) is 0.0547. The predicted octanol–water partition coefficient (Wildman–Crippen LogP) is 5.57. The molecule has 0 spiro atoms. The Kier molecular flexibility index (Phi) is 8.58. The number of hydrogen-bond donors (Lipinski definition) is 0. The number of amides is 3. The van der Waals surface area contributed by atoms with E-state index in [0.29, 0.717) is 10.0 Å². The minimum atomic E-state index is -1.19. The van der Waals surface area contributed by atoms with Gasteiger partial charge in [0.05, 0.1) is 31.0 Å². The third kappa shape index (κ3) is 6.02. The lowest BCUT2D eigenvalue weighted by Crippen LogP contribution is -2.51. The molecule has 1 aliphatic heterocycles. The van der Waals surface area contributed by atoms with Crippen molar-refractivity contribution < 1.29 is 38.6 Å². The number of nitrogens with zero attached hydrogens (tertiary/aromatic N) is 4. The average molecular weight is 663 g/mol. The van der Waals surface area contributed by atoms with Gasteiger partial charge in [-0.2, -0.15) is 5.01 Å². The van der Waals surface area contributed by atoms with Gasteiger partial charge < -0.3 is 4.74 Å². The van der Waals surface area contributed by atoms with E-state index in [1.807, 2.05) is 0 Å². The van der Waals surface area contributed by atoms with Gasteiger partial charge in [0.25, 0.3) is 29.1 Å². The largest absolute Gasteiger partial charge is 0.423 e. The molecule has 14 nitrogen and oxygen atoms in total. The minimum Gasteiger partial charge on any atom is -0.423 e. The van der Waals surface area contributed by atoms with Crippen molar-refractivity contribution in [2.45, 2.75) is 0 Å². The van der Waals surface area contributed by atoms with Crippen molar-refractivity contribution in [1.82, 2.24) is 10.0 Å². The second-order valence-corrected chi connectivity index (χ2v) is 10.3. The molecular weight excluding hydrogens is 647 g/mol. The van der Waals surface area contributed by atoms with Crippen LogP contribution in [0.2, 0.25) is 10.0 Å². The third-order valence-electron chi connectivity index (χ3n) is 6.70. The van der Waals surface area contributed by atoms with Crippen LogP contribution in [0.1, 0.15) is 51.8 Å². The van der Waals surface area contributed by atoms with Crippen LogP contribution < -0.4 is 4.74 Å². The van der Waals surface area contributed by atoms with Crippen LogP contribution in [0, 0.1) is 20.2 Å². The molecular formula is C30H16Cl2N4O10. The van der Waals surface area contributed by atoms with Gasteiger partial charge in [-0.15, -0.1) is 0 Å². The number of carbonyl (C=O) groups excluding carboxylic acids is 5. The number of Topliss-reactive ketones (excluding diaryl/α,β-unsaturated/α-hetero) is 1. The number of ether oxygens (including phenoxy) is 1. The summed E-state index contributed by atoms with van der Waals surface area (Å²) in [5.41, 5.74) is -1.90. The molecule has 0 N–H and O–H groups in total. The number of carbonyl (C=O) groups is 5. The number of nitro benzene ring substituents is 2. The fraction of sp³-hybridized carbons (Fsp3) is 0.0333. The van der Waals surface area contributed by atoms with Crippen LogP contribution >= 0.6 is 23.2 Å². The molecule has 0 aliphatic carbocycles. The molecule has 46 heavy (non-hydrogen) atoms. The Labute approximate surface area is 267 Å². The molecule has 3 amide bonds. The second-order valence-electron chi connectivity index (χ2n) is 9.51.